The van der Waals surface area contributed by atoms with Crippen LogP contribution in [-0.4, -0.2) is 24.3 Å². The molecule has 7 heteroatoms. The smallest absolute Gasteiger partial charge is 0.252 e. The van der Waals surface area contributed by atoms with Crippen molar-refractivity contribution in [3.8, 4) is 5.69 Å². The highest BCUT2D eigenvalue weighted by Crippen LogP contribution is 2.34. The number of fused-ring (bicyclic) bond motifs is 2. The van der Waals surface area contributed by atoms with Crippen LogP contribution in [0.25, 0.3) is 16.7 Å². The van der Waals surface area contributed by atoms with E-state index in [0.717, 1.165) is 29.6 Å². The Bertz CT molecular complexity index is 1470. The summed E-state index contributed by atoms with van der Waals surface area (Å²) in [5, 5.41) is 8.34. The highest BCUT2D eigenvalue weighted by atomic mass is 16.1. The van der Waals surface area contributed by atoms with Crippen LogP contribution in [0.2, 0.25) is 0 Å². The van der Waals surface area contributed by atoms with Crippen molar-refractivity contribution in [3.05, 3.63) is 107 Å². The summed E-state index contributed by atoms with van der Waals surface area (Å²) in [5.74, 6) is 0.454. The van der Waals surface area contributed by atoms with E-state index in [2.05, 4.69) is 33.6 Å². The first-order chi connectivity index (χ1) is 15.8. The Morgan fingerprint density at radius 3 is 2.69 bits per heavy atom. The van der Waals surface area contributed by atoms with E-state index in [1.807, 2.05) is 47.2 Å². The molecule has 32 heavy (non-hydrogen) atoms. The second-order valence-corrected chi connectivity index (χ2v) is 7.89. The molecule has 7 nitrogen and oxygen atoms in total. The third kappa shape index (κ3) is 3.15. The van der Waals surface area contributed by atoms with Gasteiger partial charge in [-0.25, -0.2) is 9.67 Å². The lowest BCUT2D eigenvalue weighted by atomic mass is 10.1. The lowest BCUT2D eigenvalue weighted by Crippen LogP contribution is -2.24. The molecule has 156 valence electrons. The minimum Gasteiger partial charge on any atom is -0.324 e. The molecule has 0 spiro atoms. The minimum atomic E-state index is -0.0487. The molecule has 0 fully saturated rings. The van der Waals surface area contributed by atoms with E-state index in [1.54, 1.807) is 29.2 Å². The molecule has 0 saturated carbocycles. The molecule has 2 aromatic carbocycles. The molecule has 0 bridgehead atoms. The maximum absolute atomic E-state index is 12.9. The van der Waals surface area contributed by atoms with Gasteiger partial charge in [-0.15, -0.1) is 0 Å². The van der Waals surface area contributed by atoms with Crippen molar-refractivity contribution in [1.82, 2.24) is 24.3 Å². The molecule has 1 aliphatic carbocycles. The zero-order valence-electron chi connectivity index (χ0n) is 17.2. The van der Waals surface area contributed by atoms with Gasteiger partial charge in [0, 0.05) is 35.7 Å². The van der Waals surface area contributed by atoms with Gasteiger partial charge in [0.05, 0.1) is 11.7 Å². The van der Waals surface area contributed by atoms with Gasteiger partial charge in [0.25, 0.3) is 5.56 Å². The van der Waals surface area contributed by atoms with Crippen molar-refractivity contribution in [2.45, 2.75) is 18.9 Å². The Balaban J connectivity index is 1.37. The van der Waals surface area contributed by atoms with Crippen LogP contribution in [0.15, 0.2) is 90.1 Å². The Hall–Kier alpha value is -4.26. The van der Waals surface area contributed by atoms with Gasteiger partial charge in [-0.2, -0.15) is 10.1 Å². The van der Waals surface area contributed by atoms with Gasteiger partial charge in [0.1, 0.15) is 5.65 Å². The monoisotopic (exact) mass is 420 g/mol. The van der Waals surface area contributed by atoms with Crippen molar-refractivity contribution < 1.29 is 0 Å². The molecule has 0 saturated heterocycles. The summed E-state index contributed by atoms with van der Waals surface area (Å²) < 4.78 is 3.61. The number of nitrogens with zero attached hydrogens (tertiary/aromatic N) is 5. The van der Waals surface area contributed by atoms with Crippen molar-refractivity contribution in [2.24, 2.45) is 0 Å². The van der Waals surface area contributed by atoms with E-state index < -0.39 is 0 Å². The molecule has 3 heterocycles. The van der Waals surface area contributed by atoms with Crippen LogP contribution < -0.4 is 10.9 Å². The average molecular weight is 420 g/mol. The number of aromatic nitrogens is 5. The zero-order chi connectivity index (χ0) is 21.5. The number of hydrogen-bond acceptors (Lipinski definition) is 5. The lowest BCUT2D eigenvalue weighted by Gasteiger charge is -2.18. The Kier molecular flexibility index (Phi) is 4.31. The van der Waals surface area contributed by atoms with E-state index >= 15 is 0 Å². The first-order valence-electron chi connectivity index (χ1n) is 10.6. The standard InChI is InChI=1S/C25H20N6O/c32-23-13-7-18-16-26-25(28-19-8-10-20(11-9-19)30-15-3-14-27-30)29-24(18)31(23)22-12-6-17-4-1-2-5-21(17)22/h1-5,7-11,13-16,22H,6,12H2,(H,26,28,29). The molecule has 1 aliphatic rings. The molecule has 0 aliphatic heterocycles. The van der Waals surface area contributed by atoms with Gasteiger partial charge in [-0.1, -0.05) is 24.3 Å². The Morgan fingerprint density at radius 2 is 1.84 bits per heavy atom. The molecular formula is C25H20N6O. The largest absolute Gasteiger partial charge is 0.324 e. The van der Waals surface area contributed by atoms with Crippen molar-refractivity contribution >= 4 is 22.7 Å². The summed E-state index contributed by atoms with van der Waals surface area (Å²) in [6.07, 6.45) is 7.26. The summed E-state index contributed by atoms with van der Waals surface area (Å²) in [5.41, 5.74) is 4.91. The molecule has 3 aromatic heterocycles. The van der Waals surface area contributed by atoms with Crippen molar-refractivity contribution in [2.75, 3.05) is 5.32 Å². The van der Waals surface area contributed by atoms with E-state index in [-0.39, 0.29) is 11.6 Å². The van der Waals surface area contributed by atoms with E-state index in [9.17, 15) is 4.79 Å². The molecule has 1 N–H and O–H groups in total. The van der Waals surface area contributed by atoms with Crippen molar-refractivity contribution in [3.63, 3.8) is 0 Å². The van der Waals surface area contributed by atoms with Gasteiger partial charge in [0.15, 0.2) is 0 Å². The highest BCUT2D eigenvalue weighted by Gasteiger charge is 2.26. The predicted octanol–water partition coefficient (Wildman–Crippen LogP) is 4.26. The van der Waals surface area contributed by atoms with Crippen LogP contribution in [0.1, 0.15) is 23.6 Å². The van der Waals surface area contributed by atoms with Gasteiger partial charge >= 0.3 is 0 Å². The molecule has 0 radical (unpaired) electrons. The maximum atomic E-state index is 12.9. The van der Waals surface area contributed by atoms with E-state index in [4.69, 9.17) is 4.98 Å². The second kappa shape index (κ2) is 7.46. The van der Waals surface area contributed by atoms with Crippen LogP contribution in [0.3, 0.4) is 0 Å². The number of hydrogen-bond donors (Lipinski definition) is 1. The number of rotatable bonds is 4. The fourth-order valence-electron chi connectivity index (χ4n) is 4.45. The van der Waals surface area contributed by atoms with Crippen LogP contribution in [0.4, 0.5) is 11.6 Å². The molecular weight excluding hydrogens is 400 g/mol. The molecule has 1 unspecified atom stereocenters. The fraction of sp³-hybridized carbons (Fsp3) is 0.120. The van der Waals surface area contributed by atoms with E-state index in [1.165, 1.54) is 11.1 Å². The average Bonchev–Trinajstić information content (AvgIpc) is 3.50. The van der Waals surface area contributed by atoms with Gasteiger partial charge in [-0.3, -0.25) is 9.36 Å². The van der Waals surface area contributed by atoms with Gasteiger partial charge in [0.2, 0.25) is 5.95 Å². The number of benzene rings is 2. The van der Waals surface area contributed by atoms with Crippen LogP contribution in [-0.2, 0) is 6.42 Å². The third-order valence-corrected chi connectivity index (χ3v) is 5.97. The molecule has 5 aromatic rings. The summed E-state index contributed by atoms with van der Waals surface area (Å²) >= 11 is 0. The Morgan fingerprint density at radius 1 is 0.969 bits per heavy atom. The number of anilines is 2. The summed E-state index contributed by atoms with van der Waals surface area (Å²) in [6.45, 7) is 0. The van der Waals surface area contributed by atoms with Gasteiger partial charge < -0.3 is 5.32 Å². The molecule has 6 rings (SSSR count). The fourth-order valence-corrected chi connectivity index (χ4v) is 4.45. The third-order valence-electron chi connectivity index (χ3n) is 5.97. The number of pyridine rings is 1. The Labute approximate surface area is 184 Å². The normalized spacial score (nSPS) is 15.1. The number of nitrogens with one attached hydrogen (secondary N) is 1. The quantitative estimate of drug-likeness (QED) is 0.470. The lowest BCUT2D eigenvalue weighted by molar-refractivity contribution is 0.576. The summed E-state index contributed by atoms with van der Waals surface area (Å²) in [7, 11) is 0. The molecule has 0 amide bonds. The first kappa shape index (κ1) is 18.5. The number of aryl methyl sites for hydroxylation is 1. The topological polar surface area (TPSA) is 77.6 Å². The summed E-state index contributed by atoms with van der Waals surface area (Å²) in [6, 6.07) is 21.5. The maximum Gasteiger partial charge on any atom is 0.252 e. The SMILES string of the molecule is O=c1ccc2cnc(Nc3ccc(-n4cccn4)cc3)nc2n1C1CCc2ccccc21. The van der Waals surface area contributed by atoms with Crippen molar-refractivity contribution in [1.29, 1.82) is 0 Å². The summed E-state index contributed by atoms with van der Waals surface area (Å²) in [4.78, 5) is 22.1. The minimum absolute atomic E-state index is 0.0153. The van der Waals surface area contributed by atoms with Crippen LogP contribution in [0.5, 0.6) is 0 Å². The van der Waals surface area contributed by atoms with Crippen LogP contribution >= 0.6 is 0 Å². The zero-order valence-corrected chi connectivity index (χ0v) is 17.2. The molecule has 1 atom stereocenters. The first-order valence-corrected chi connectivity index (χ1v) is 10.6. The second-order valence-electron chi connectivity index (χ2n) is 7.89. The van der Waals surface area contributed by atoms with Crippen LogP contribution in [0, 0.1) is 0 Å². The van der Waals surface area contributed by atoms with E-state index in [0.29, 0.717) is 11.6 Å². The predicted molar refractivity (Wildman–Crippen MR) is 124 cm³/mol. The highest BCUT2D eigenvalue weighted by molar-refractivity contribution is 5.76. The van der Waals surface area contributed by atoms with Gasteiger partial charge in [-0.05, 0) is 60.4 Å².